The maximum atomic E-state index is 10.4. The van der Waals surface area contributed by atoms with Gasteiger partial charge in [-0.05, 0) is 12.1 Å². The molecule has 1 aromatic carbocycles. The SMILES string of the molecule is O=[N+]([O-])c1ccc(C([N+](=O)[O-])[N+](=O)[O-])cc1. The van der Waals surface area contributed by atoms with Gasteiger partial charge in [-0.2, -0.15) is 0 Å². The summed E-state index contributed by atoms with van der Waals surface area (Å²) in [6.45, 7) is 0. The number of nitrogens with zero attached hydrogens (tertiary/aromatic N) is 3. The molecule has 0 atom stereocenters. The second kappa shape index (κ2) is 4.29. The number of rotatable bonds is 4. The molecule has 0 aliphatic carbocycles. The van der Waals surface area contributed by atoms with Gasteiger partial charge in [-0.25, -0.2) is 0 Å². The van der Waals surface area contributed by atoms with E-state index in [1.54, 1.807) is 0 Å². The van der Waals surface area contributed by atoms with Crippen LogP contribution in [0.5, 0.6) is 0 Å². The summed E-state index contributed by atoms with van der Waals surface area (Å²) in [5.74, 6) is 0. The van der Waals surface area contributed by atoms with Crippen molar-refractivity contribution in [3.05, 3.63) is 60.2 Å². The van der Waals surface area contributed by atoms with E-state index >= 15 is 0 Å². The molecule has 84 valence electrons. The molecular weight excluding hydrogens is 222 g/mol. The van der Waals surface area contributed by atoms with Crippen LogP contribution in [0, 0.1) is 30.3 Å². The van der Waals surface area contributed by atoms with Gasteiger partial charge in [-0.1, -0.05) is 0 Å². The van der Waals surface area contributed by atoms with Crippen molar-refractivity contribution in [2.75, 3.05) is 0 Å². The highest BCUT2D eigenvalue weighted by Gasteiger charge is 2.34. The second-order valence-corrected chi connectivity index (χ2v) is 2.79. The zero-order valence-electron chi connectivity index (χ0n) is 7.68. The Morgan fingerprint density at radius 1 is 0.875 bits per heavy atom. The summed E-state index contributed by atoms with van der Waals surface area (Å²) >= 11 is 0. The number of non-ortho nitro benzene ring substituents is 1. The van der Waals surface area contributed by atoms with Crippen LogP contribution in [0.1, 0.15) is 11.7 Å². The minimum absolute atomic E-state index is 0.208. The van der Waals surface area contributed by atoms with E-state index in [2.05, 4.69) is 0 Å². The third-order valence-corrected chi connectivity index (χ3v) is 1.80. The van der Waals surface area contributed by atoms with Crippen molar-refractivity contribution in [3.63, 3.8) is 0 Å². The molecule has 0 saturated heterocycles. The fraction of sp³-hybridized carbons (Fsp3) is 0.143. The van der Waals surface area contributed by atoms with E-state index in [0.29, 0.717) is 0 Å². The highest BCUT2D eigenvalue weighted by molar-refractivity contribution is 5.33. The highest BCUT2D eigenvalue weighted by Crippen LogP contribution is 2.20. The molecule has 0 radical (unpaired) electrons. The summed E-state index contributed by atoms with van der Waals surface area (Å²) in [4.78, 5) is 28.2. The number of nitro groups is 3. The van der Waals surface area contributed by atoms with Crippen molar-refractivity contribution in [3.8, 4) is 0 Å². The van der Waals surface area contributed by atoms with Crippen molar-refractivity contribution in [1.82, 2.24) is 0 Å². The summed E-state index contributed by atoms with van der Waals surface area (Å²) in [5, 5.41) is 31.1. The molecule has 9 nitrogen and oxygen atoms in total. The minimum atomic E-state index is -2.10. The van der Waals surface area contributed by atoms with Gasteiger partial charge in [0, 0.05) is 12.1 Å². The van der Waals surface area contributed by atoms with Crippen LogP contribution in [0.3, 0.4) is 0 Å². The summed E-state index contributed by atoms with van der Waals surface area (Å²) in [7, 11) is 0. The van der Waals surface area contributed by atoms with Gasteiger partial charge < -0.3 is 0 Å². The average molecular weight is 227 g/mol. The van der Waals surface area contributed by atoms with Crippen LogP contribution >= 0.6 is 0 Å². The normalized spacial score (nSPS) is 10.1. The first-order valence-corrected chi connectivity index (χ1v) is 3.95. The second-order valence-electron chi connectivity index (χ2n) is 2.79. The van der Waals surface area contributed by atoms with Gasteiger partial charge in [-0.15, -0.1) is 0 Å². The van der Waals surface area contributed by atoms with E-state index in [9.17, 15) is 30.3 Å². The number of hydrogen-bond acceptors (Lipinski definition) is 6. The van der Waals surface area contributed by atoms with Gasteiger partial charge in [0.25, 0.3) is 5.69 Å². The van der Waals surface area contributed by atoms with Gasteiger partial charge in [0.2, 0.25) is 0 Å². The van der Waals surface area contributed by atoms with Gasteiger partial charge in [-0.3, -0.25) is 30.3 Å². The van der Waals surface area contributed by atoms with Gasteiger partial charge >= 0.3 is 6.17 Å². The molecular formula is C7H5N3O6. The third kappa shape index (κ3) is 2.26. The summed E-state index contributed by atoms with van der Waals surface area (Å²) < 4.78 is 0. The van der Waals surface area contributed by atoms with E-state index in [0.717, 1.165) is 24.3 Å². The molecule has 0 heterocycles. The van der Waals surface area contributed by atoms with Crippen molar-refractivity contribution in [2.24, 2.45) is 0 Å². The lowest BCUT2D eigenvalue weighted by molar-refractivity contribution is -0.752. The molecule has 0 amide bonds. The Labute approximate surface area is 87.8 Å². The average Bonchev–Trinajstić information content (AvgIpc) is 2.17. The summed E-state index contributed by atoms with van der Waals surface area (Å²) in [6, 6.07) is 3.95. The Bertz CT molecular complexity index is 428. The smallest absolute Gasteiger partial charge is 0.258 e. The molecule has 1 rings (SSSR count). The lowest BCUT2D eigenvalue weighted by Crippen LogP contribution is -2.19. The van der Waals surface area contributed by atoms with E-state index in [1.807, 2.05) is 0 Å². The van der Waals surface area contributed by atoms with Crippen molar-refractivity contribution >= 4 is 5.69 Å². The van der Waals surface area contributed by atoms with E-state index < -0.39 is 20.9 Å². The van der Waals surface area contributed by atoms with Crippen LogP contribution in [-0.4, -0.2) is 14.8 Å². The summed E-state index contributed by atoms with van der Waals surface area (Å²) in [5.41, 5.74) is -0.491. The molecule has 0 spiro atoms. The topological polar surface area (TPSA) is 129 Å². The van der Waals surface area contributed by atoms with E-state index in [4.69, 9.17) is 0 Å². The van der Waals surface area contributed by atoms with Crippen LogP contribution in [0.25, 0.3) is 0 Å². The third-order valence-electron chi connectivity index (χ3n) is 1.80. The van der Waals surface area contributed by atoms with Crippen molar-refractivity contribution in [2.45, 2.75) is 6.17 Å². The standard InChI is InChI=1S/C7H5N3O6/c11-8(12)6-3-1-5(2-4-6)7(9(13)14)10(15)16/h1-4,7H. The van der Waals surface area contributed by atoms with Gasteiger partial charge in [0.1, 0.15) is 15.4 Å². The molecule has 1 aromatic rings. The zero-order valence-corrected chi connectivity index (χ0v) is 7.68. The molecule has 0 aromatic heterocycles. The fourth-order valence-corrected chi connectivity index (χ4v) is 1.09. The quantitative estimate of drug-likeness (QED) is 0.430. The van der Waals surface area contributed by atoms with Crippen molar-refractivity contribution in [1.29, 1.82) is 0 Å². The molecule has 0 aliphatic rings. The Morgan fingerprint density at radius 3 is 1.62 bits per heavy atom. The van der Waals surface area contributed by atoms with Crippen LogP contribution in [0.4, 0.5) is 5.69 Å². The number of nitro benzene ring substituents is 1. The minimum Gasteiger partial charge on any atom is -0.258 e. The van der Waals surface area contributed by atoms with E-state index in [-0.39, 0.29) is 11.3 Å². The molecule has 0 fully saturated rings. The Morgan fingerprint density at radius 2 is 1.31 bits per heavy atom. The predicted molar refractivity (Wildman–Crippen MR) is 49.8 cm³/mol. The predicted octanol–water partition coefficient (Wildman–Crippen LogP) is 1.15. The zero-order chi connectivity index (χ0) is 12.3. The molecule has 0 N–H and O–H groups in total. The lowest BCUT2D eigenvalue weighted by atomic mass is 10.1. The fourth-order valence-electron chi connectivity index (χ4n) is 1.09. The molecule has 0 unspecified atom stereocenters. The Hall–Kier alpha value is -2.58. The van der Waals surface area contributed by atoms with Gasteiger partial charge in [0.15, 0.2) is 0 Å². The Balaban J connectivity index is 3.08. The first-order chi connectivity index (χ1) is 7.43. The first kappa shape index (κ1) is 11.5. The van der Waals surface area contributed by atoms with Crippen LogP contribution < -0.4 is 0 Å². The van der Waals surface area contributed by atoms with Crippen LogP contribution in [-0.2, 0) is 0 Å². The molecule has 0 aliphatic heterocycles. The first-order valence-electron chi connectivity index (χ1n) is 3.95. The maximum absolute atomic E-state index is 10.4. The van der Waals surface area contributed by atoms with Crippen LogP contribution in [0.2, 0.25) is 0 Å². The number of hydrogen-bond donors (Lipinski definition) is 0. The highest BCUT2D eigenvalue weighted by atomic mass is 16.7. The Kier molecular flexibility index (Phi) is 3.09. The maximum Gasteiger partial charge on any atom is 0.476 e. The van der Waals surface area contributed by atoms with Gasteiger partial charge in [0.05, 0.1) is 4.92 Å². The number of benzene rings is 1. The molecule has 0 bridgehead atoms. The van der Waals surface area contributed by atoms with Crippen LogP contribution in [0.15, 0.2) is 24.3 Å². The lowest BCUT2D eigenvalue weighted by Gasteiger charge is -2.01. The molecule has 9 heteroatoms. The molecule has 16 heavy (non-hydrogen) atoms. The van der Waals surface area contributed by atoms with E-state index in [1.165, 1.54) is 0 Å². The monoisotopic (exact) mass is 227 g/mol. The largest absolute Gasteiger partial charge is 0.476 e. The van der Waals surface area contributed by atoms with Crippen molar-refractivity contribution < 1.29 is 14.8 Å². The molecule has 0 saturated carbocycles. The summed E-state index contributed by atoms with van der Waals surface area (Å²) in [6.07, 6.45) is -2.10.